The van der Waals surface area contributed by atoms with Crippen LogP contribution in [0.25, 0.3) is 0 Å². The lowest BCUT2D eigenvalue weighted by Crippen LogP contribution is -2.71. The average Bonchev–Trinajstić information content (AvgIpc) is 2.14. The van der Waals surface area contributed by atoms with Crippen LogP contribution >= 0.6 is 11.6 Å². The lowest BCUT2D eigenvalue weighted by molar-refractivity contribution is -0.501. The standard InChI is InChI=1S/C8H9ClN4/c1-6(3-10)4-11-8-2-7(9)12-5-13-8/h2-5,10H,1H3,(H,11,12,13)/p+1/b6-4-,10-3?. The van der Waals surface area contributed by atoms with E-state index >= 15 is 0 Å². The van der Waals surface area contributed by atoms with Crippen LogP contribution in [0.2, 0.25) is 5.15 Å². The molecule has 0 saturated heterocycles. The van der Waals surface area contributed by atoms with Crippen molar-refractivity contribution >= 4 is 23.6 Å². The average molecular weight is 198 g/mol. The molecule has 0 radical (unpaired) electrons. The van der Waals surface area contributed by atoms with E-state index in [4.69, 9.17) is 17.0 Å². The second kappa shape index (κ2) is 4.69. The summed E-state index contributed by atoms with van der Waals surface area (Å²) in [5.41, 5.74) is 0.856. The van der Waals surface area contributed by atoms with Crippen LogP contribution in [0.4, 0.5) is 5.82 Å². The molecule has 1 heterocycles. The van der Waals surface area contributed by atoms with Gasteiger partial charge in [-0.3, -0.25) is 5.32 Å². The van der Waals surface area contributed by atoms with Gasteiger partial charge in [0.1, 0.15) is 17.7 Å². The van der Waals surface area contributed by atoms with E-state index in [0.717, 1.165) is 11.4 Å². The van der Waals surface area contributed by atoms with Gasteiger partial charge < -0.3 is 5.41 Å². The van der Waals surface area contributed by atoms with Gasteiger partial charge in [-0.15, -0.1) is 0 Å². The predicted molar refractivity (Wildman–Crippen MR) is 51.2 cm³/mol. The van der Waals surface area contributed by atoms with Crippen molar-refractivity contribution in [1.29, 1.82) is 5.41 Å². The molecule has 4 nitrogen and oxygen atoms in total. The molecule has 0 aromatic carbocycles. The van der Waals surface area contributed by atoms with Crippen LogP contribution in [0.3, 0.4) is 0 Å². The maximum atomic E-state index is 6.94. The number of nitrogens with one attached hydrogen (secondary N) is 1. The zero-order chi connectivity index (χ0) is 9.68. The van der Waals surface area contributed by atoms with Crippen molar-refractivity contribution in [2.24, 2.45) is 0 Å². The Balaban J connectivity index is 2.70. The van der Waals surface area contributed by atoms with Gasteiger partial charge in [-0.1, -0.05) is 11.6 Å². The van der Waals surface area contributed by atoms with Crippen LogP contribution in [0.15, 0.2) is 24.2 Å². The van der Waals surface area contributed by atoms with Gasteiger partial charge in [-0.25, -0.2) is 4.98 Å². The highest BCUT2D eigenvalue weighted by molar-refractivity contribution is 6.29. The third-order valence-electron chi connectivity index (χ3n) is 1.40. The smallest absolute Gasteiger partial charge is 0.233 e. The topological polar surface area (TPSA) is 66.2 Å². The SMILES string of the molecule is C/C(C=N)=C/[NH2+]c1cc(Cl)ncn1. The van der Waals surface area contributed by atoms with Gasteiger partial charge in [0.15, 0.2) is 0 Å². The number of hydrogen-bond donors (Lipinski definition) is 2. The number of quaternary nitrogens is 1. The van der Waals surface area contributed by atoms with Crippen molar-refractivity contribution in [2.45, 2.75) is 6.92 Å². The molecule has 0 unspecified atom stereocenters. The zero-order valence-corrected chi connectivity index (χ0v) is 7.92. The van der Waals surface area contributed by atoms with E-state index < -0.39 is 0 Å². The van der Waals surface area contributed by atoms with Crippen LogP contribution in [0, 0.1) is 5.41 Å². The van der Waals surface area contributed by atoms with Gasteiger partial charge in [0.25, 0.3) is 0 Å². The largest absolute Gasteiger partial charge is 0.308 e. The molecule has 0 bridgehead atoms. The summed E-state index contributed by atoms with van der Waals surface area (Å²) in [4.78, 5) is 7.73. The number of allylic oxidation sites excluding steroid dienone is 1. The summed E-state index contributed by atoms with van der Waals surface area (Å²) in [6, 6.07) is 1.66. The van der Waals surface area contributed by atoms with E-state index in [0.29, 0.717) is 5.15 Å². The summed E-state index contributed by atoms with van der Waals surface area (Å²) >= 11 is 5.66. The summed E-state index contributed by atoms with van der Waals surface area (Å²) in [6.45, 7) is 1.84. The molecular weight excluding hydrogens is 188 g/mol. The summed E-state index contributed by atoms with van der Waals surface area (Å²) in [5.74, 6) is 0.737. The molecule has 13 heavy (non-hydrogen) atoms. The first-order valence-corrected chi connectivity index (χ1v) is 4.10. The van der Waals surface area contributed by atoms with Crippen molar-refractivity contribution in [3.8, 4) is 0 Å². The minimum atomic E-state index is 0.419. The van der Waals surface area contributed by atoms with Gasteiger partial charge >= 0.3 is 0 Å². The zero-order valence-electron chi connectivity index (χ0n) is 7.16. The Morgan fingerprint density at radius 2 is 2.38 bits per heavy atom. The Morgan fingerprint density at radius 1 is 1.62 bits per heavy atom. The van der Waals surface area contributed by atoms with Gasteiger partial charge in [-0.05, 0) is 6.92 Å². The maximum Gasteiger partial charge on any atom is 0.233 e. The van der Waals surface area contributed by atoms with E-state index in [-0.39, 0.29) is 0 Å². The lowest BCUT2D eigenvalue weighted by Gasteiger charge is -1.93. The van der Waals surface area contributed by atoms with Crippen LogP contribution < -0.4 is 5.32 Å². The van der Waals surface area contributed by atoms with E-state index in [1.165, 1.54) is 12.5 Å². The molecule has 0 aliphatic carbocycles. The molecule has 1 aromatic rings. The highest BCUT2D eigenvalue weighted by atomic mass is 35.5. The highest BCUT2D eigenvalue weighted by Crippen LogP contribution is 2.03. The Morgan fingerprint density at radius 3 is 3.00 bits per heavy atom. The first-order chi connectivity index (χ1) is 6.22. The van der Waals surface area contributed by atoms with Crippen molar-refractivity contribution in [2.75, 3.05) is 0 Å². The molecule has 0 spiro atoms. The van der Waals surface area contributed by atoms with Crippen molar-refractivity contribution in [1.82, 2.24) is 9.97 Å². The number of nitrogens with zero attached hydrogens (tertiary/aromatic N) is 2. The van der Waals surface area contributed by atoms with E-state index in [2.05, 4.69) is 9.97 Å². The monoisotopic (exact) mass is 197 g/mol. The lowest BCUT2D eigenvalue weighted by atomic mass is 10.4. The van der Waals surface area contributed by atoms with Crippen LogP contribution in [-0.4, -0.2) is 16.2 Å². The molecular formula is C8H10ClN4+. The summed E-state index contributed by atoms with van der Waals surface area (Å²) in [7, 11) is 0. The first kappa shape index (κ1) is 9.83. The predicted octanol–water partition coefficient (Wildman–Crippen LogP) is 0.878. The number of aromatic nitrogens is 2. The highest BCUT2D eigenvalue weighted by Gasteiger charge is 1.97. The second-order valence-corrected chi connectivity index (χ2v) is 2.87. The molecule has 3 N–H and O–H groups in total. The van der Waals surface area contributed by atoms with Gasteiger partial charge in [0.05, 0.1) is 6.07 Å². The molecule has 0 saturated carbocycles. The fourth-order valence-corrected chi connectivity index (χ4v) is 0.859. The van der Waals surface area contributed by atoms with E-state index in [1.807, 2.05) is 6.92 Å². The van der Waals surface area contributed by atoms with Crippen molar-refractivity contribution < 1.29 is 5.32 Å². The molecule has 0 amide bonds. The minimum absolute atomic E-state index is 0.419. The van der Waals surface area contributed by atoms with E-state index in [9.17, 15) is 0 Å². The van der Waals surface area contributed by atoms with Crippen LogP contribution in [-0.2, 0) is 0 Å². The van der Waals surface area contributed by atoms with Gasteiger partial charge in [-0.2, -0.15) is 4.98 Å². The third-order valence-corrected chi connectivity index (χ3v) is 1.61. The van der Waals surface area contributed by atoms with Crippen LogP contribution in [0.5, 0.6) is 0 Å². The number of rotatable bonds is 3. The second-order valence-electron chi connectivity index (χ2n) is 2.49. The maximum absolute atomic E-state index is 6.94. The molecule has 1 rings (SSSR count). The third kappa shape index (κ3) is 3.31. The molecule has 0 aliphatic rings. The van der Waals surface area contributed by atoms with Crippen molar-refractivity contribution in [3.05, 3.63) is 29.3 Å². The Bertz CT molecular complexity index is 335. The summed E-state index contributed by atoms with van der Waals surface area (Å²) in [6.07, 6.45) is 4.48. The fourth-order valence-electron chi connectivity index (χ4n) is 0.703. The summed E-state index contributed by atoms with van der Waals surface area (Å²) < 4.78 is 0. The Hall–Kier alpha value is -1.26. The normalized spacial score (nSPS) is 11.4. The molecule has 68 valence electrons. The summed E-state index contributed by atoms with van der Waals surface area (Å²) in [5, 5.41) is 9.15. The molecule has 0 aliphatic heterocycles. The fraction of sp³-hybridized carbons (Fsp3) is 0.125. The minimum Gasteiger partial charge on any atom is -0.308 e. The molecule has 0 atom stereocenters. The Kier molecular flexibility index (Phi) is 3.54. The van der Waals surface area contributed by atoms with Gasteiger partial charge in [0, 0.05) is 11.8 Å². The Labute approximate surface area is 81.2 Å². The molecule has 5 heteroatoms. The molecule has 1 aromatic heterocycles. The van der Waals surface area contributed by atoms with E-state index in [1.54, 1.807) is 17.6 Å². The number of hydrogen-bond acceptors (Lipinski definition) is 3. The van der Waals surface area contributed by atoms with Gasteiger partial charge in [0.2, 0.25) is 5.82 Å². The first-order valence-electron chi connectivity index (χ1n) is 3.72. The van der Waals surface area contributed by atoms with Crippen molar-refractivity contribution in [3.63, 3.8) is 0 Å². The quantitative estimate of drug-likeness (QED) is 0.558. The number of nitrogens with two attached hydrogens (primary N) is 1. The van der Waals surface area contributed by atoms with Crippen LogP contribution in [0.1, 0.15) is 6.92 Å². The molecule has 0 fully saturated rings. The number of halogens is 1.